The number of nitrogens with one attached hydrogen (secondary N) is 2. The number of ether oxygens (including phenoxy) is 1. The minimum absolute atomic E-state index is 0.00583. The fourth-order valence-corrected chi connectivity index (χ4v) is 1.86. The van der Waals surface area contributed by atoms with Gasteiger partial charge in [0.1, 0.15) is 11.8 Å². The fraction of sp³-hybridized carbons (Fsp3) is 0. The summed E-state index contributed by atoms with van der Waals surface area (Å²) in [4.78, 5) is 26.1. The van der Waals surface area contributed by atoms with Crippen molar-refractivity contribution in [3.05, 3.63) is 52.6 Å². The molecule has 0 radical (unpaired) electrons. The Bertz CT molecular complexity index is 700. The van der Waals surface area contributed by atoms with Gasteiger partial charge in [-0.05, 0) is 6.07 Å². The van der Waals surface area contributed by atoms with Crippen LogP contribution in [0, 0.1) is 0 Å². The van der Waals surface area contributed by atoms with E-state index in [9.17, 15) is 9.59 Å². The summed E-state index contributed by atoms with van der Waals surface area (Å²) in [6, 6.07) is 7.25. The topological polar surface area (TPSA) is 71.2 Å². The Balaban J connectivity index is 2.47. The predicted octanol–water partition coefficient (Wildman–Crippen LogP) is 1.58. The van der Waals surface area contributed by atoms with Crippen molar-refractivity contribution in [2.45, 2.75) is 0 Å². The van der Waals surface area contributed by atoms with Crippen LogP contribution < -0.4 is 10.9 Å². The van der Waals surface area contributed by atoms with Crippen LogP contribution in [0.1, 0.15) is 10.4 Å². The highest BCUT2D eigenvalue weighted by molar-refractivity contribution is 6.05. The molecule has 3 rings (SSSR count). The summed E-state index contributed by atoms with van der Waals surface area (Å²) < 4.78 is 4.76. The number of rotatable bonds is 0. The normalized spacial score (nSPS) is 13.8. The van der Waals surface area contributed by atoms with Crippen LogP contribution in [-0.4, -0.2) is 11.0 Å². The van der Waals surface area contributed by atoms with E-state index in [1.165, 1.54) is 12.5 Å². The van der Waals surface area contributed by atoms with Crippen molar-refractivity contribution < 1.29 is 9.53 Å². The van der Waals surface area contributed by atoms with E-state index in [4.69, 9.17) is 4.74 Å². The number of para-hydroxylation sites is 1. The van der Waals surface area contributed by atoms with Crippen molar-refractivity contribution in [3.63, 3.8) is 0 Å². The number of cyclic esters (lactones) is 1. The second-order valence-electron chi connectivity index (χ2n) is 3.60. The Morgan fingerprint density at radius 2 is 1.94 bits per heavy atom. The van der Waals surface area contributed by atoms with Gasteiger partial charge in [-0.1, -0.05) is 18.2 Å². The van der Waals surface area contributed by atoms with E-state index in [2.05, 4.69) is 10.3 Å². The van der Waals surface area contributed by atoms with Crippen molar-refractivity contribution in [1.82, 2.24) is 4.98 Å². The Labute approximate surface area is 95.7 Å². The first-order valence-corrected chi connectivity index (χ1v) is 5.05. The molecule has 1 aliphatic rings. The number of benzene rings is 1. The molecule has 17 heavy (non-hydrogen) atoms. The van der Waals surface area contributed by atoms with Crippen LogP contribution in [0.25, 0.3) is 10.9 Å². The van der Waals surface area contributed by atoms with Gasteiger partial charge in [0.25, 0.3) is 5.56 Å². The Hall–Kier alpha value is -2.56. The zero-order valence-electron chi connectivity index (χ0n) is 8.69. The van der Waals surface area contributed by atoms with E-state index in [1.54, 1.807) is 6.07 Å². The Morgan fingerprint density at radius 3 is 2.82 bits per heavy atom. The van der Waals surface area contributed by atoms with Crippen LogP contribution in [0.4, 0.5) is 5.69 Å². The molecule has 0 saturated carbocycles. The summed E-state index contributed by atoms with van der Waals surface area (Å²) in [5, 5.41) is 3.66. The molecule has 0 saturated heterocycles. The lowest BCUT2D eigenvalue weighted by molar-refractivity contribution is 0.0664. The quantitative estimate of drug-likeness (QED) is 0.671. The molecule has 0 aliphatic carbocycles. The molecule has 0 amide bonds. The predicted molar refractivity (Wildman–Crippen MR) is 62.7 cm³/mol. The van der Waals surface area contributed by atoms with Crippen molar-refractivity contribution in [2.24, 2.45) is 0 Å². The highest BCUT2D eigenvalue weighted by Gasteiger charge is 2.21. The van der Waals surface area contributed by atoms with Crippen LogP contribution >= 0.6 is 0 Å². The van der Waals surface area contributed by atoms with Crippen LogP contribution in [0.5, 0.6) is 0 Å². The number of H-pyrrole nitrogens is 1. The summed E-state index contributed by atoms with van der Waals surface area (Å²) in [6.45, 7) is 0. The van der Waals surface area contributed by atoms with E-state index >= 15 is 0 Å². The molecule has 5 nitrogen and oxygen atoms in total. The average molecular weight is 228 g/mol. The summed E-state index contributed by atoms with van der Waals surface area (Å²) in [5.74, 6) is -0.659. The minimum Gasteiger partial charge on any atom is -0.429 e. The highest BCUT2D eigenvalue weighted by Crippen LogP contribution is 2.25. The van der Waals surface area contributed by atoms with Crippen molar-refractivity contribution in [1.29, 1.82) is 0 Å². The van der Waals surface area contributed by atoms with Gasteiger partial charge in [0.15, 0.2) is 0 Å². The largest absolute Gasteiger partial charge is 0.429 e. The molecule has 2 N–H and O–H groups in total. The van der Waals surface area contributed by atoms with Gasteiger partial charge < -0.3 is 15.0 Å². The lowest BCUT2D eigenvalue weighted by atomic mass is 10.1. The maximum Gasteiger partial charge on any atom is 0.350 e. The average Bonchev–Trinajstić information content (AvgIpc) is 2.52. The van der Waals surface area contributed by atoms with Gasteiger partial charge in [0.05, 0.1) is 11.2 Å². The molecule has 1 aliphatic heterocycles. The molecular formula is C12H8N2O3. The molecule has 0 atom stereocenters. The third-order valence-electron chi connectivity index (χ3n) is 2.60. The van der Waals surface area contributed by atoms with Gasteiger partial charge in [-0.15, -0.1) is 0 Å². The molecule has 0 bridgehead atoms. The molecular weight excluding hydrogens is 220 g/mol. The van der Waals surface area contributed by atoms with Gasteiger partial charge in [0, 0.05) is 11.6 Å². The number of aromatic amines is 1. The number of carbonyl (C=O) groups excluding carboxylic acids is 1. The van der Waals surface area contributed by atoms with E-state index < -0.39 is 11.5 Å². The maximum atomic E-state index is 11.8. The molecule has 2 heterocycles. The number of carbonyl (C=O) groups is 1. The lowest BCUT2D eigenvalue weighted by Crippen LogP contribution is -2.19. The number of esters is 1. The summed E-state index contributed by atoms with van der Waals surface area (Å²) in [6.07, 6.45) is 2.70. The highest BCUT2D eigenvalue weighted by atomic mass is 16.5. The number of hydrogen-bond donors (Lipinski definition) is 2. The fourth-order valence-electron chi connectivity index (χ4n) is 1.86. The number of aromatic nitrogens is 1. The number of fused-ring (bicyclic) bond motifs is 3. The summed E-state index contributed by atoms with van der Waals surface area (Å²) in [5.41, 5.74) is 0.684. The number of pyridine rings is 1. The second kappa shape index (κ2) is 3.48. The molecule has 0 unspecified atom stereocenters. The number of anilines is 1. The molecule has 0 spiro atoms. The molecule has 2 aromatic rings. The van der Waals surface area contributed by atoms with Gasteiger partial charge in [-0.3, -0.25) is 4.79 Å². The smallest absolute Gasteiger partial charge is 0.350 e. The van der Waals surface area contributed by atoms with Crippen LogP contribution in [0.3, 0.4) is 0 Å². The molecule has 1 aromatic heterocycles. The lowest BCUT2D eigenvalue weighted by Gasteiger charge is -2.07. The van der Waals surface area contributed by atoms with E-state index in [0.717, 1.165) is 5.39 Å². The van der Waals surface area contributed by atoms with Gasteiger partial charge in [-0.2, -0.15) is 0 Å². The standard InChI is InChI=1S/C12H8N2O3/c15-11-9-10(13-5-6-17-12(9)16)7-3-1-2-4-8(7)14-11/h1-6,13H,(H,14,15). The van der Waals surface area contributed by atoms with Crippen molar-refractivity contribution in [2.75, 3.05) is 5.32 Å². The molecule has 5 heteroatoms. The first-order valence-electron chi connectivity index (χ1n) is 5.05. The monoisotopic (exact) mass is 228 g/mol. The zero-order valence-corrected chi connectivity index (χ0v) is 8.69. The Morgan fingerprint density at radius 1 is 1.12 bits per heavy atom. The van der Waals surface area contributed by atoms with Crippen LogP contribution in [0.15, 0.2) is 41.5 Å². The van der Waals surface area contributed by atoms with Crippen molar-refractivity contribution >= 4 is 22.6 Å². The molecule has 1 aromatic carbocycles. The van der Waals surface area contributed by atoms with Gasteiger partial charge >= 0.3 is 5.97 Å². The third-order valence-corrected chi connectivity index (χ3v) is 2.60. The van der Waals surface area contributed by atoms with Gasteiger partial charge in [-0.25, -0.2) is 4.79 Å². The van der Waals surface area contributed by atoms with E-state index in [-0.39, 0.29) is 5.56 Å². The minimum atomic E-state index is -0.659. The van der Waals surface area contributed by atoms with Crippen molar-refractivity contribution in [3.8, 4) is 0 Å². The van der Waals surface area contributed by atoms with Crippen LogP contribution in [0.2, 0.25) is 0 Å². The Kier molecular flexibility index (Phi) is 1.98. The summed E-state index contributed by atoms with van der Waals surface area (Å²) in [7, 11) is 0. The van der Waals surface area contributed by atoms with Crippen LogP contribution in [-0.2, 0) is 4.74 Å². The molecule has 0 fully saturated rings. The maximum absolute atomic E-state index is 11.8. The number of hydrogen-bond acceptors (Lipinski definition) is 4. The summed E-state index contributed by atoms with van der Waals surface area (Å²) >= 11 is 0. The first-order chi connectivity index (χ1) is 8.27. The second-order valence-corrected chi connectivity index (χ2v) is 3.60. The van der Waals surface area contributed by atoms with E-state index in [1.807, 2.05) is 18.2 Å². The van der Waals surface area contributed by atoms with Gasteiger partial charge in [0.2, 0.25) is 0 Å². The third kappa shape index (κ3) is 1.40. The molecule has 84 valence electrons. The van der Waals surface area contributed by atoms with E-state index in [0.29, 0.717) is 11.2 Å². The zero-order chi connectivity index (χ0) is 11.8. The first kappa shape index (κ1) is 9.65. The SMILES string of the molecule is O=C1OC=CNc2c1c(=O)[nH]c1ccccc21.